The van der Waals surface area contributed by atoms with Gasteiger partial charge in [0.05, 0.1) is 23.7 Å². The Hall–Kier alpha value is -2.56. The average molecular weight is 519 g/mol. The number of carbonyl (C=O) groups excluding carboxylic acids is 2. The fraction of sp³-hybridized carbons (Fsp3) is 0.190. The molecule has 1 fully saturated rings. The van der Waals surface area contributed by atoms with Gasteiger partial charge in [0.25, 0.3) is 0 Å². The van der Waals surface area contributed by atoms with Crippen molar-refractivity contribution < 1.29 is 19.4 Å². The topological polar surface area (TPSA) is 99.7 Å². The van der Waals surface area contributed by atoms with Gasteiger partial charge in [-0.1, -0.05) is 45.1 Å². The predicted octanol–water partition coefficient (Wildman–Crippen LogP) is 3.71. The summed E-state index contributed by atoms with van der Waals surface area (Å²) in [6.45, 7) is 0. The number of H-pyrrole nitrogens is 1. The lowest BCUT2D eigenvalue weighted by atomic mass is 9.83. The molecule has 3 atom stereocenters. The molecule has 0 spiro atoms. The molecular formula is C21H15BrN2O5S2. The van der Waals surface area contributed by atoms with E-state index in [2.05, 4.69) is 20.9 Å². The van der Waals surface area contributed by atoms with Gasteiger partial charge in [0, 0.05) is 15.3 Å². The van der Waals surface area contributed by atoms with Crippen LogP contribution in [-0.4, -0.2) is 34.3 Å². The highest BCUT2D eigenvalue weighted by molar-refractivity contribution is 9.10. The van der Waals surface area contributed by atoms with Gasteiger partial charge >= 0.3 is 4.87 Å². The molecule has 0 saturated carbocycles. The number of thiazole rings is 1. The molecule has 1 saturated heterocycles. The number of methoxy groups -OCH3 is 1. The zero-order valence-electron chi connectivity index (χ0n) is 16.0. The Labute approximate surface area is 193 Å². The summed E-state index contributed by atoms with van der Waals surface area (Å²) in [6.07, 6.45) is 0. The van der Waals surface area contributed by atoms with Crippen LogP contribution in [0.3, 0.4) is 0 Å². The van der Waals surface area contributed by atoms with E-state index in [1.54, 1.807) is 36.4 Å². The van der Waals surface area contributed by atoms with Crippen LogP contribution in [0.1, 0.15) is 16.4 Å². The number of hydrogen-bond acceptors (Lipinski definition) is 7. The minimum atomic E-state index is -0.686. The first kappa shape index (κ1) is 20.3. The second-order valence-electron chi connectivity index (χ2n) is 7.17. The summed E-state index contributed by atoms with van der Waals surface area (Å²) >= 11 is 5.63. The summed E-state index contributed by atoms with van der Waals surface area (Å²) in [5.41, 5.74) is 1.20. The number of anilines is 1. The Morgan fingerprint density at radius 1 is 1.10 bits per heavy atom. The zero-order chi connectivity index (χ0) is 21.9. The van der Waals surface area contributed by atoms with Gasteiger partial charge in [-0.25, -0.2) is 4.90 Å². The number of halogens is 1. The van der Waals surface area contributed by atoms with E-state index in [1.165, 1.54) is 29.8 Å². The number of imide groups is 1. The van der Waals surface area contributed by atoms with Crippen molar-refractivity contribution in [1.29, 1.82) is 0 Å². The summed E-state index contributed by atoms with van der Waals surface area (Å²) in [5.74, 6) is -1.59. The minimum absolute atomic E-state index is 0.0271. The van der Waals surface area contributed by atoms with Crippen LogP contribution < -0.4 is 14.5 Å². The first-order valence-electron chi connectivity index (χ1n) is 9.29. The van der Waals surface area contributed by atoms with Gasteiger partial charge in [0.1, 0.15) is 5.25 Å². The second kappa shape index (κ2) is 7.54. The maximum atomic E-state index is 13.6. The quantitative estimate of drug-likeness (QED) is 0.512. The number of aromatic hydroxyl groups is 1. The van der Waals surface area contributed by atoms with Crippen molar-refractivity contribution in [3.05, 3.63) is 67.0 Å². The first-order chi connectivity index (χ1) is 14.9. The summed E-state index contributed by atoms with van der Waals surface area (Å²) in [6, 6.07) is 11.8. The summed E-state index contributed by atoms with van der Waals surface area (Å²) < 4.78 is 6.09. The number of fused-ring (bicyclic) bond motifs is 2. The van der Waals surface area contributed by atoms with Gasteiger partial charge in [-0.15, -0.1) is 0 Å². The Morgan fingerprint density at radius 2 is 1.84 bits per heavy atom. The number of phenols is 1. The molecule has 0 unspecified atom stereocenters. The molecule has 7 nitrogen and oxygen atoms in total. The number of phenolic OH excluding ortho intramolecular Hbond substituents is 1. The molecule has 5 rings (SSSR count). The van der Waals surface area contributed by atoms with Crippen molar-refractivity contribution in [2.45, 2.75) is 16.2 Å². The van der Waals surface area contributed by atoms with E-state index in [9.17, 15) is 19.5 Å². The molecule has 2 amide bonds. The largest absolute Gasteiger partial charge is 0.504 e. The normalized spacial score (nSPS) is 22.4. The molecule has 10 heteroatoms. The van der Waals surface area contributed by atoms with E-state index in [0.29, 0.717) is 21.2 Å². The average Bonchev–Trinajstić information content (AvgIpc) is 3.24. The lowest BCUT2D eigenvalue weighted by molar-refractivity contribution is -0.122. The lowest BCUT2D eigenvalue weighted by Crippen LogP contribution is -2.32. The third-order valence-electron chi connectivity index (χ3n) is 5.47. The molecule has 31 heavy (non-hydrogen) atoms. The van der Waals surface area contributed by atoms with Gasteiger partial charge in [-0.05, 0) is 42.0 Å². The number of nitrogens with zero attached hydrogens (tertiary/aromatic N) is 1. The van der Waals surface area contributed by atoms with E-state index >= 15 is 0 Å². The molecule has 2 aliphatic heterocycles. The SMILES string of the molecule is COc1cc([C@@H]2c3sc(=O)[nH]c3S[C@@H]3C(=O)N(c4ccc(Br)cc4)C(=O)[C@H]23)ccc1O. The molecule has 3 aromatic rings. The number of amides is 2. The van der Waals surface area contributed by atoms with Crippen LogP contribution in [0.2, 0.25) is 0 Å². The molecule has 158 valence electrons. The first-order valence-corrected chi connectivity index (χ1v) is 11.8. The molecule has 0 radical (unpaired) electrons. The predicted molar refractivity (Wildman–Crippen MR) is 121 cm³/mol. The zero-order valence-corrected chi connectivity index (χ0v) is 19.2. The number of carbonyl (C=O) groups is 2. The van der Waals surface area contributed by atoms with Gasteiger partial charge < -0.3 is 14.8 Å². The van der Waals surface area contributed by atoms with Crippen LogP contribution in [0.5, 0.6) is 11.5 Å². The number of thioether (sulfide) groups is 1. The van der Waals surface area contributed by atoms with Gasteiger partial charge in [0.15, 0.2) is 11.5 Å². The van der Waals surface area contributed by atoms with E-state index in [1.807, 2.05) is 0 Å². The van der Waals surface area contributed by atoms with Gasteiger partial charge in [-0.2, -0.15) is 0 Å². The van der Waals surface area contributed by atoms with E-state index in [0.717, 1.165) is 15.8 Å². The van der Waals surface area contributed by atoms with E-state index < -0.39 is 17.1 Å². The monoisotopic (exact) mass is 518 g/mol. The molecular weight excluding hydrogens is 504 g/mol. The number of benzene rings is 2. The highest BCUT2D eigenvalue weighted by Crippen LogP contribution is 2.53. The van der Waals surface area contributed by atoms with Crippen molar-refractivity contribution in [3.63, 3.8) is 0 Å². The molecule has 2 aliphatic rings. The highest BCUT2D eigenvalue weighted by atomic mass is 79.9. The Balaban J connectivity index is 1.66. The molecule has 1 aromatic heterocycles. The van der Waals surface area contributed by atoms with Crippen molar-refractivity contribution in [2.24, 2.45) is 5.92 Å². The van der Waals surface area contributed by atoms with E-state index in [-0.39, 0.29) is 28.2 Å². The molecule has 2 N–H and O–H groups in total. The van der Waals surface area contributed by atoms with Crippen molar-refractivity contribution in [3.8, 4) is 11.5 Å². The number of hydrogen-bond donors (Lipinski definition) is 2. The van der Waals surface area contributed by atoms with Crippen LogP contribution >= 0.6 is 39.0 Å². The third kappa shape index (κ3) is 3.20. The number of aromatic amines is 1. The Morgan fingerprint density at radius 3 is 2.55 bits per heavy atom. The number of rotatable bonds is 3. The fourth-order valence-corrected chi connectivity index (χ4v) is 6.89. The molecule has 3 heterocycles. The van der Waals surface area contributed by atoms with Crippen molar-refractivity contribution in [2.75, 3.05) is 12.0 Å². The Kier molecular flexibility index (Phi) is 4.95. The van der Waals surface area contributed by atoms with E-state index in [4.69, 9.17) is 4.74 Å². The smallest absolute Gasteiger partial charge is 0.305 e. The van der Waals surface area contributed by atoms with Crippen LogP contribution in [-0.2, 0) is 9.59 Å². The highest BCUT2D eigenvalue weighted by Gasteiger charge is 2.56. The standard InChI is InChI=1S/C21H15BrN2O5S2/c1-29-13-8-9(2-7-12(13)25)14-15-17(30-18-16(14)31-21(28)23-18)20(27)24(19(15)26)11-5-3-10(22)4-6-11/h2-8,14-15,17,25H,1H3,(H,23,28)/t14-,15+,17-/m0/s1. The van der Waals surface area contributed by atoms with Crippen LogP contribution in [0.15, 0.2) is 56.8 Å². The van der Waals surface area contributed by atoms with Crippen LogP contribution in [0.25, 0.3) is 0 Å². The van der Waals surface area contributed by atoms with Gasteiger partial charge in [-0.3, -0.25) is 14.4 Å². The maximum absolute atomic E-state index is 13.6. The third-order valence-corrected chi connectivity index (χ3v) is 8.40. The maximum Gasteiger partial charge on any atom is 0.305 e. The fourth-order valence-electron chi connectivity index (χ4n) is 4.11. The van der Waals surface area contributed by atoms with Crippen LogP contribution in [0.4, 0.5) is 5.69 Å². The van der Waals surface area contributed by atoms with Gasteiger partial charge in [0.2, 0.25) is 11.8 Å². The molecule has 2 aromatic carbocycles. The molecule has 0 bridgehead atoms. The van der Waals surface area contributed by atoms with Crippen molar-refractivity contribution >= 4 is 56.5 Å². The minimum Gasteiger partial charge on any atom is -0.504 e. The second-order valence-corrected chi connectivity index (χ2v) is 10.3. The summed E-state index contributed by atoms with van der Waals surface area (Å²) in [4.78, 5) is 43.5. The lowest BCUT2D eigenvalue weighted by Gasteiger charge is -2.30. The number of ether oxygens (including phenoxy) is 1. The summed E-state index contributed by atoms with van der Waals surface area (Å²) in [5, 5.41) is 9.95. The van der Waals surface area contributed by atoms with Crippen molar-refractivity contribution in [1.82, 2.24) is 4.98 Å². The summed E-state index contributed by atoms with van der Waals surface area (Å²) in [7, 11) is 1.44. The number of nitrogens with one attached hydrogen (secondary N) is 1. The van der Waals surface area contributed by atoms with Crippen LogP contribution in [0, 0.1) is 5.92 Å². The number of aromatic nitrogens is 1. The Bertz CT molecular complexity index is 1270. The molecule has 0 aliphatic carbocycles.